The Morgan fingerprint density at radius 3 is 2.50 bits per heavy atom. The van der Waals surface area contributed by atoms with Gasteiger partial charge in [-0.1, -0.05) is 18.2 Å². The molecule has 1 aromatic carbocycles. The maximum Gasteiger partial charge on any atom is 0.240 e. The first kappa shape index (κ1) is 13.2. The van der Waals surface area contributed by atoms with E-state index in [0.29, 0.717) is 18.0 Å². The number of benzene rings is 1. The minimum Gasteiger partial charge on any atom is -0.385 e. The first-order valence-corrected chi connectivity index (χ1v) is 6.69. The molecule has 0 fully saturated rings. The minimum atomic E-state index is -3.34. The molecule has 0 aliphatic carbocycles. The van der Waals surface area contributed by atoms with Gasteiger partial charge in [0.2, 0.25) is 10.0 Å². The molecule has 1 N–H and O–H groups in total. The van der Waals surface area contributed by atoms with Crippen LogP contribution in [0, 0.1) is 0 Å². The maximum absolute atomic E-state index is 11.7. The van der Waals surface area contributed by atoms with E-state index in [9.17, 15) is 8.42 Å². The third kappa shape index (κ3) is 4.30. The van der Waals surface area contributed by atoms with E-state index in [4.69, 9.17) is 4.74 Å². The third-order valence-corrected chi connectivity index (χ3v) is 3.60. The number of rotatable bonds is 7. The van der Waals surface area contributed by atoms with Crippen molar-refractivity contribution >= 4 is 10.0 Å². The number of sulfonamides is 1. The minimum absolute atomic E-state index is 0.307. The zero-order chi connectivity index (χ0) is 11.9. The average molecular weight is 243 g/mol. The summed E-state index contributed by atoms with van der Waals surface area (Å²) in [5, 5.41) is 0. The van der Waals surface area contributed by atoms with E-state index >= 15 is 0 Å². The molecule has 0 aliphatic rings. The summed E-state index contributed by atoms with van der Waals surface area (Å²) in [4.78, 5) is 0.307. The van der Waals surface area contributed by atoms with Crippen LogP contribution < -0.4 is 4.72 Å². The van der Waals surface area contributed by atoms with Gasteiger partial charge in [0.15, 0.2) is 0 Å². The van der Waals surface area contributed by atoms with Gasteiger partial charge < -0.3 is 4.74 Å². The van der Waals surface area contributed by atoms with Gasteiger partial charge in [-0.05, 0) is 25.0 Å². The SMILES string of the molecule is COCCCCNS(=O)(=O)c1ccccc1. The van der Waals surface area contributed by atoms with Crippen molar-refractivity contribution in [1.82, 2.24) is 4.72 Å². The Bertz CT molecular complexity index is 389. The summed E-state index contributed by atoms with van der Waals surface area (Å²) < 4.78 is 30.9. The van der Waals surface area contributed by atoms with E-state index in [1.54, 1.807) is 37.4 Å². The predicted molar refractivity (Wildman–Crippen MR) is 62.7 cm³/mol. The largest absolute Gasteiger partial charge is 0.385 e. The lowest BCUT2D eigenvalue weighted by atomic mass is 10.3. The van der Waals surface area contributed by atoms with Crippen LogP contribution in [0.4, 0.5) is 0 Å². The molecule has 90 valence electrons. The molecule has 0 aromatic heterocycles. The second-order valence-electron chi connectivity index (χ2n) is 3.41. The van der Waals surface area contributed by atoms with Gasteiger partial charge in [0.05, 0.1) is 4.90 Å². The molecule has 0 radical (unpaired) electrons. The van der Waals surface area contributed by atoms with Crippen molar-refractivity contribution in [3.8, 4) is 0 Å². The van der Waals surface area contributed by atoms with Crippen LogP contribution in [0.25, 0.3) is 0 Å². The Morgan fingerprint density at radius 2 is 1.88 bits per heavy atom. The topological polar surface area (TPSA) is 55.4 Å². The number of nitrogens with one attached hydrogen (secondary N) is 1. The molecule has 1 rings (SSSR count). The van der Waals surface area contributed by atoms with Crippen LogP contribution in [0.1, 0.15) is 12.8 Å². The summed E-state index contributed by atoms with van der Waals surface area (Å²) >= 11 is 0. The van der Waals surface area contributed by atoms with E-state index in [-0.39, 0.29) is 0 Å². The normalized spacial score (nSPS) is 11.6. The second-order valence-corrected chi connectivity index (χ2v) is 5.18. The van der Waals surface area contributed by atoms with Gasteiger partial charge in [0.25, 0.3) is 0 Å². The van der Waals surface area contributed by atoms with Gasteiger partial charge in [-0.25, -0.2) is 13.1 Å². The average Bonchev–Trinajstić information content (AvgIpc) is 2.30. The summed E-state index contributed by atoms with van der Waals surface area (Å²) in [6.07, 6.45) is 1.63. The second kappa shape index (κ2) is 6.62. The summed E-state index contributed by atoms with van der Waals surface area (Å²) in [6.45, 7) is 1.10. The smallest absolute Gasteiger partial charge is 0.240 e. The predicted octanol–water partition coefficient (Wildman–Crippen LogP) is 1.39. The highest BCUT2D eigenvalue weighted by molar-refractivity contribution is 7.89. The lowest BCUT2D eigenvalue weighted by Crippen LogP contribution is -2.24. The molecule has 0 atom stereocenters. The molecule has 0 saturated heterocycles. The lowest BCUT2D eigenvalue weighted by Gasteiger charge is -2.06. The fourth-order valence-corrected chi connectivity index (χ4v) is 2.36. The van der Waals surface area contributed by atoms with Crippen molar-refractivity contribution in [1.29, 1.82) is 0 Å². The highest BCUT2D eigenvalue weighted by atomic mass is 32.2. The van der Waals surface area contributed by atoms with Gasteiger partial charge in [0, 0.05) is 20.3 Å². The van der Waals surface area contributed by atoms with Gasteiger partial charge in [-0.3, -0.25) is 0 Å². The molecule has 0 bridgehead atoms. The van der Waals surface area contributed by atoms with Crippen molar-refractivity contribution in [2.75, 3.05) is 20.3 Å². The van der Waals surface area contributed by atoms with Crippen LogP contribution in [0.3, 0.4) is 0 Å². The van der Waals surface area contributed by atoms with E-state index in [1.165, 1.54) is 0 Å². The molecular formula is C11H17NO3S. The fourth-order valence-electron chi connectivity index (χ4n) is 1.26. The Balaban J connectivity index is 2.41. The Morgan fingerprint density at radius 1 is 1.19 bits per heavy atom. The van der Waals surface area contributed by atoms with Crippen LogP contribution in [0.15, 0.2) is 35.2 Å². The van der Waals surface area contributed by atoms with Gasteiger partial charge >= 0.3 is 0 Å². The molecule has 1 aromatic rings. The standard InChI is InChI=1S/C11H17NO3S/c1-15-10-6-5-9-12-16(13,14)11-7-3-2-4-8-11/h2-4,7-8,12H,5-6,9-10H2,1H3. The maximum atomic E-state index is 11.7. The summed E-state index contributed by atoms with van der Waals surface area (Å²) in [5.74, 6) is 0. The molecule has 0 amide bonds. The van der Waals surface area contributed by atoms with Crippen molar-refractivity contribution in [2.24, 2.45) is 0 Å². The number of unbranched alkanes of at least 4 members (excludes halogenated alkanes) is 1. The third-order valence-electron chi connectivity index (χ3n) is 2.12. The number of ether oxygens (including phenoxy) is 1. The molecule has 5 heteroatoms. The molecule has 0 heterocycles. The van der Waals surface area contributed by atoms with E-state index in [1.807, 2.05) is 0 Å². The summed E-state index contributed by atoms with van der Waals surface area (Å²) in [5.41, 5.74) is 0. The van der Waals surface area contributed by atoms with Crippen molar-refractivity contribution < 1.29 is 13.2 Å². The molecule has 0 unspecified atom stereocenters. The number of hydrogen-bond donors (Lipinski definition) is 1. The summed E-state index contributed by atoms with van der Waals surface area (Å²) in [7, 11) is -1.71. The number of hydrogen-bond acceptors (Lipinski definition) is 3. The van der Waals surface area contributed by atoms with Gasteiger partial charge in [-0.15, -0.1) is 0 Å². The molecule has 16 heavy (non-hydrogen) atoms. The lowest BCUT2D eigenvalue weighted by molar-refractivity contribution is 0.193. The Hall–Kier alpha value is -0.910. The summed E-state index contributed by atoms with van der Waals surface area (Å²) in [6, 6.07) is 8.37. The fraction of sp³-hybridized carbons (Fsp3) is 0.455. The highest BCUT2D eigenvalue weighted by Crippen LogP contribution is 2.06. The van der Waals surface area contributed by atoms with Crippen molar-refractivity contribution in [3.05, 3.63) is 30.3 Å². The van der Waals surface area contributed by atoms with E-state index < -0.39 is 10.0 Å². The van der Waals surface area contributed by atoms with Crippen LogP contribution >= 0.6 is 0 Å². The van der Waals surface area contributed by atoms with E-state index in [2.05, 4.69) is 4.72 Å². The van der Waals surface area contributed by atoms with Crippen LogP contribution in [0.5, 0.6) is 0 Å². The molecule has 4 nitrogen and oxygen atoms in total. The first-order valence-electron chi connectivity index (χ1n) is 5.20. The monoisotopic (exact) mass is 243 g/mol. The quantitative estimate of drug-likeness (QED) is 0.736. The van der Waals surface area contributed by atoms with E-state index in [0.717, 1.165) is 12.8 Å². The molecule has 0 spiro atoms. The van der Waals surface area contributed by atoms with Gasteiger partial charge in [-0.2, -0.15) is 0 Å². The van der Waals surface area contributed by atoms with Crippen LogP contribution in [0.2, 0.25) is 0 Å². The molecule has 0 saturated carbocycles. The van der Waals surface area contributed by atoms with Crippen LogP contribution in [-0.4, -0.2) is 28.7 Å². The van der Waals surface area contributed by atoms with Crippen molar-refractivity contribution in [3.63, 3.8) is 0 Å². The van der Waals surface area contributed by atoms with Crippen LogP contribution in [-0.2, 0) is 14.8 Å². The zero-order valence-electron chi connectivity index (χ0n) is 9.35. The van der Waals surface area contributed by atoms with Gasteiger partial charge in [0.1, 0.15) is 0 Å². The highest BCUT2D eigenvalue weighted by Gasteiger charge is 2.11. The zero-order valence-corrected chi connectivity index (χ0v) is 10.2. The number of methoxy groups -OCH3 is 1. The molecular weight excluding hydrogens is 226 g/mol. The van der Waals surface area contributed by atoms with Crippen molar-refractivity contribution in [2.45, 2.75) is 17.7 Å². The Labute approximate surface area is 96.7 Å². The molecule has 0 aliphatic heterocycles. The Kier molecular flexibility index (Phi) is 5.45. The first-order chi connectivity index (χ1) is 7.67.